The molecule has 0 N–H and O–H groups in total. The van der Waals surface area contributed by atoms with Gasteiger partial charge in [-0.2, -0.15) is 0 Å². The number of benzene rings is 2. The minimum absolute atomic E-state index is 0.176. The first kappa shape index (κ1) is 20.3. The number of fused-ring (bicyclic) bond motifs is 2. The van der Waals surface area contributed by atoms with Crippen molar-refractivity contribution >= 4 is 11.9 Å². The molecule has 6 rings (SSSR count). The number of hydrogen-bond donors (Lipinski definition) is 0. The highest BCUT2D eigenvalue weighted by Gasteiger charge is 2.69. The van der Waals surface area contributed by atoms with Crippen LogP contribution in [0, 0.1) is 22.7 Å². The molecule has 4 saturated carbocycles. The van der Waals surface area contributed by atoms with E-state index in [4.69, 9.17) is 9.47 Å². The quantitative estimate of drug-likeness (QED) is 0.600. The lowest BCUT2D eigenvalue weighted by Gasteiger charge is -2.64. The summed E-state index contributed by atoms with van der Waals surface area (Å²) in [5.74, 6) is 0.342. The van der Waals surface area contributed by atoms with Crippen LogP contribution in [0.2, 0.25) is 0 Å². The van der Waals surface area contributed by atoms with E-state index in [1.807, 2.05) is 36.4 Å². The van der Waals surface area contributed by atoms with Gasteiger partial charge in [0, 0.05) is 10.8 Å². The average Bonchev–Trinajstić information content (AvgIpc) is 3.32. The molecule has 6 atom stereocenters. The molecule has 0 saturated heterocycles. The zero-order chi connectivity index (χ0) is 21.6. The fourth-order valence-corrected chi connectivity index (χ4v) is 6.75. The van der Waals surface area contributed by atoms with E-state index in [2.05, 4.69) is 13.8 Å². The zero-order valence-corrected chi connectivity index (χ0v) is 18.3. The Balaban J connectivity index is 1.50. The van der Waals surface area contributed by atoms with Gasteiger partial charge in [-0.15, -0.1) is 0 Å². The minimum atomic E-state index is -0.439. The van der Waals surface area contributed by atoms with Gasteiger partial charge in [0.25, 0.3) is 0 Å². The SMILES string of the molecule is CC12CCC(C)(C3CCCC31)C(OC(=O)c1ccccc1)C2OC(=O)c1ccccc1. The number of carbonyl (C=O) groups excluding carboxylic acids is 2. The molecule has 2 bridgehead atoms. The summed E-state index contributed by atoms with van der Waals surface area (Å²) >= 11 is 0. The lowest BCUT2D eigenvalue weighted by atomic mass is 9.44. The zero-order valence-electron chi connectivity index (χ0n) is 18.3. The van der Waals surface area contributed by atoms with E-state index in [0.717, 1.165) is 25.7 Å². The molecular formula is C27H30O4. The highest BCUT2D eigenvalue weighted by molar-refractivity contribution is 5.90. The van der Waals surface area contributed by atoms with Crippen LogP contribution in [0.1, 0.15) is 66.7 Å². The van der Waals surface area contributed by atoms with Crippen LogP contribution >= 0.6 is 0 Å². The van der Waals surface area contributed by atoms with Crippen molar-refractivity contribution in [2.24, 2.45) is 22.7 Å². The molecule has 0 heterocycles. The van der Waals surface area contributed by atoms with E-state index in [1.54, 1.807) is 24.3 Å². The molecule has 31 heavy (non-hydrogen) atoms. The summed E-state index contributed by atoms with van der Waals surface area (Å²) in [7, 11) is 0. The summed E-state index contributed by atoms with van der Waals surface area (Å²) < 4.78 is 12.4. The predicted molar refractivity (Wildman–Crippen MR) is 118 cm³/mol. The summed E-state index contributed by atoms with van der Waals surface area (Å²) in [4.78, 5) is 26.1. The van der Waals surface area contributed by atoms with Crippen LogP contribution in [-0.4, -0.2) is 24.1 Å². The van der Waals surface area contributed by atoms with E-state index in [9.17, 15) is 9.59 Å². The third-order valence-corrected chi connectivity index (χ3v) is 8.47. The molecule has 2 aromatic carbocycles. The van der Waals surface area contributed by atoms with E-state index in [1.165, 1.54) is 6.42 Å². The van der Waals surface area contributed by atoms with Crippen molar-refractivity contribution in [1.29, 1.82) is 0 Å². The summed E-state index contributed by atoms with van der Waals surface area (Å²) in [6.07, 6.45) is 4.63. The molecule has 0 radical (unpaired) electrons. The second kappa shape index (κ2) is 7.51. The molecule has 2 aromatic rings. The number of hydrogen-bond acceptors (Lipinski definition) is 4. The van der Waals surface area contributed by atoms with Crippen molar-refractivity contribution in [3.05, 3.63) is 71.8 Å². The van der Waals surface area contributed by atoms with E-state index >= 15 is 0 Å². The number of esters is 2. The highest BCUT2D eigenvalue weighted by Crippen LogP contribution is 2.68. The van der Waals surface area contributed by atoms with Gasteiger partial charge in [0.05, 0.1) is 11.1 Å². The first-order valence-corrected chi connectivity index (χ1v) is 11.5. The van der Waals surface area contributed by atoms with Crippen molar-refractivity contribution in [3.8, 4) is 0 Å². The maximum atomic E-state index is 13.1. The Morgan fingerprint density at radius 1 is 0.710 bits per heavy atom. The maximum Gasteiger partial charge on any atom is 0.338 e. The van der Waals surface area contributed by atoms with Crippen LogP contribution in [0.3, 0.4) is 0 Å². The third kappa shape index (κ3) is 3.19. The molecule has 0 spiro atoms. The fraction of sp³-hybridized carbons (Fsp3) is 0.481. The smallest absolute Gasteiger partial charge is 0.338 e. The van der Waals surface area contributed by atoms with Crippen molar-refractivity contribution in [2.45, 2.75) is 58.2 Å². The van der Waals surface area contributed by atoms with Crippen LogP contribution in [0.5, 0.6) is 0 Å². The maximum absolute atomic E-state index is 13.1. The Bertz CT molecular complexity index is 892. The lowest BCUT2D eigenvalue weighted by molar-refractivity contribution is -0.238. The number of rotatable bonds is 4. The molecular weight excluding hydrogens is 388 g/mol. The summed E-state index contributed by atoms with van der Waals surface area (Å²) in [5, 5.41) is 0. The topological polar surface area (TPSA) is 52.6 Å². The molecule has 162 valence electrons. The van der Waals surface area contributed by atoms with Gasteiger partial charge in [-0.05, 0) is 61.8 Å². The van der Waals surface area contributed by atoms with E-state index < -0.39 is 12.2 Å². The number of carbonyl (C=O) groups is 2. The van der Waals surface area contributed by atoms with Gasteiger partial charge in [-0.25, -0.2) is 9.59 Å². The van der Waals surface area contributed by atoms with Crippen molar-refractivity contribution in [3.63, 3.8) is 0 Å². The minimum Gasteiger partial charge on any atom is -0.454 e. The molecule has 6 unspecified atom stereocenters. The molecule has 4 nitrogen and oxygen atoms in total. The Morgan fingerprint density at radius 2 is 1.10 bits per heavy atom. The van der Waals surface area contributed by atoms with Gasteiger partial charge in [0.15, 0.2) is 0 Å². The van der Waals surface area contributed by atoms with Gasteiger partial charge >= 0.3 is 11.9 Å². The molecule has 0 aliphatic heterocycles. The van der Waals surface area contributed by atoms with Crippen LogP contribution in [0.15, 0.2) is 60.7 Å². The van der Waals surface area contributed by atoms with Gasteiger partial charge in [0.1, 0.15) is 12.2 Å². The Labute approximate surface area is 183 Å². The third-order valence-electron chi connectivity index (χ3n) is 8.47. The fourth-order valence-electron chi connectivity index (χ4n) is 6.75. The van der Waals surface area contributed by atoms with Crippen LogP contribution in [0.4, 0.5) is 0 Å². The standard InChI is InChI=1S/C27H30O4/c1-26-16-17-27(2,21-15-9-14-20(21)26)23(31-25(29)19-12-7-4-8-13-19)22(26)30-24(28)18-10-5-3-6-11-18/h3-8,10-13,20-23H,9,14-17H2,1-2H3. The first-order chi connectivity index (χ1) is 14.9. The molecule has 4 aliphatic carbocycles. The van der Waals surface area contributed by atoms with Crippen molar-refractivity contribution < 1.29 is 19.1 Å². The van der Waals surface area contributed by atoms with Gasteiger partial charge in [-0.1, -0.05) is 56.7 Å². The molecule has 0 amide bonds. The summed E-state index contributed by atoms with van der Waals surface area (Å²) in [5.41, 5.74) is 0.721. The van der Waals surface area contributed by atoms with E-state index in [-0.39, 0.29) is 22.8 Å². The van der Waals surface area contributed by atoms with Crippen LogP contribution in [-0.2, 0) is 9.47 Å². The molecule has 4 aliphatic rings. The van der Waals surface area contributed by atoms with E-state index in [0.29, 0.717) is 23.0 Å². The van der Waals surface area contributed by atoms with Crippen LogP contribution < -0.4 is 0 Å². The van der Waals surface area contributed by atoms with Gasteiger partial charge in [0.2, 0.25) is 0 Å². The monoisotopic (exact) mass is 418 g/mol. The summed E-state index contributed by atoms with van der Waals surface area (Å²) in [6.45, 7) is 4.50. The normalized spacial score (nSPS) is 35.9. The predicted octanol–water partition coefficient (Wildman–Crippen LogP) is 5.67. The van der Waals surface area contributed by atoms with Gasteiger partial charge in [-0.3, -0.25) is 0 Å². The average molecular weight is 419 g/mol. The molecule has 0 aromatic heterocycles. The van der Waals surface area contributed by atoms with Crippen LogP contribution in [0.25, 0.3) is 0 Å². The summed E-state index contributed by atoms with van der Waals surface area (Å²) in [6, 6.07) is 18.2. The highest BCUT2D eigenvalue weighted by atomic mass is 16.6. The lowest BCUT2D eigenvalue weighted by Crippen LogP contribution is -2.68. The molecule has 4 fully saturated rings. The van der Waals surface area contributed by atoms with Crippen molar-refractivity contribution in [1.82, 2.24) is 0 Å². The van der Waals surface area contributed by atoms with Crippen molar-refractivity contribution in [2.75, 3.05) is 0 Å². The Kier molecular flexibility index (Phi) is 4.91. The first-order valence-electron chi connectivity index (χ1n) is 11.5. The second-order valence-corrected chi connectivity index (χ2v) is 10.0. The Morgan fingerprint density at radius 3 is 1.48 bits per heavy atom. The Hall–Kier alpha value is -2.62. The van der Waals surface area contributed by atoms with Gasteiger partial charge < -0.3 is 9.47 Å². The molecule has 4 heteroatoms. The number of ether oxygens (including phenoxy) is 2. The largest absolute Gasteiger partial charge is 0.454 e. The second-order valence-electron chi connectivity index (χ2n) is 10.0.